The van der Waals surface area contributed by atoms with Crippen LogP contribution in [0.4, 0.5) is 5.69 Å². The molecule has 1 rings (SSSR count). The number of carbonyl (C=O) groups excluding carboxylic acids is 1. The summed E-state index contributed by atoms with van der Waals surface area (Å²) in [5.74, 6) is -0.0421. The van der Waals surface area contributed by atoms with Gasteiger partial charge in [-0.2, -0.15) is 0 Å². The summed E-state index contributed by atoms with van der Waals surface area (Å²) in [5, 5.41) is 2.97. The van der Waals surface area contributed by atoms with Crippen LogP contribution in [0.15, 0.2) is 12.3 Å². The first-order valence-electron chi connectivity index (χ1n) is 5.85. The molecule has 0 aliphatic carbocycles. The third-order valence-corrected chi connectivity index (χ3v) is 2.59. The lowest BCUT2D eigenvalue weighted by molar-refractivity contribution is 0.0929. The number of nitrogen functional groups attached to an aromatic ring is 1. The number of nitrogens with zero attached hydrogens (tertiary/aromatic N) is 1. The average molecular weight is 223 g/mol. The molecule has 4 nitrogen and oxygen atoms in total. The summed E-state index contributed by atoms with van der Waals surface area (Å²) in [5.41, 5.74) is 6.96. The lowest BCUT2D eigenvalue weighted by Crippen LogP contribution is -2.33. The first-order valence-corrected chi connectivity index (χ1v) is 5.85. The molecule has 0 saturated carbocycles. The molecule has 0 saturated heterocycles. The molecule has 16 heavy (non-hydrogen) atoms. The van der Waals surface area contributed by atoms with Crippen LogP contribution in [0.1, 0.15) is 44.1 Å². The molecule has 1 amide bonds. The number of nitrogens with two attached hydrogens (primary N) is 1. The summed E-state index contributed by atoms with van der Waals surface area (Å²) in [6.07, 6.45) is 3.85. The molecule has 0 fully saturated rings. The molecule has 90 valence electrons. The highest BCUT2D eigenvalue weighted by Gasteiger charge is 2.13. The number of nitrogens with one attached hydrogen (secondary N) is 1. The van der Waals surface area contributed by atoms with Crippen molar-refractivity contribution in [3.05, 3.63) is 18.0 Å². The van der Waals surface area contributed by atoms with Gasteiger partial charge < -0.3 is 15.6 Å². The van der Waals surface area contributed by atoms with E-state index in [0.29, 0.717) is 11.4 Å². The van der Waals surface area contributed by atoms with Crippen molar-refractivity contribution >= 4 is 11.6 Å². The van der Waals surface area contributed by atoms with Crippen LogP contribution >= 0.6 is 0 Å². The van der Waals surface area contributed by atoms with Gasteiger partial charge >= 0.3 is 0 Å². The van der Waals surface area contributed by atoms with Crippen molar-refractivity contribution in [2.24, 2.45) is 0 Å². The Kier molecular flexibility index (Phi) is 4.40. The maximum absolute atomic E-state index is 11.9. The monoisotopic (exact) mass is 223 g/mol. The van der Waals surface area contributed by atoms with Gasteiger partial charge in [-0.1, -0.05) is 13.3 Å². The first-order chi connectivity index (χ1) is 7.58. The Hall–Kier alpha value is -1.45. The molecule has 1 aromatic heterocycles. The van der Waals surface area contributed by atoms with Crippen molar-refractivity contribution in [3.63, 3.8) is 0 Å². The zero-order valence-corrected chi connectivity index (χ0v) is 10.3. The number of aryl methyl sites for hydroxylation is 1. The highest BCUT2D eigenvalue weighted by molar-refractivity contribution is 5.94. The standard InChI is InChI=1S/C12H21N3O/c1-4-6-9(3)14-12(16)11-7-10(13)8-15(11)5-2/h7-9H,4-6,13H2,1-3H3,(H,14,16). The van der Waals surface area contributed by atoms with Crippen molar-refractivity contribution in [1.82, 2.24) is 9.88 Å². The SMILES string of the molecule is CCCC(C)NC(=O)c1cc(N)cn1CC. The minimum Gasteiger partial charge on any atom is -0.397 e. The number of hydrogen-bond donors (Lipinski definition) is 2. The summed E-state index contributed by atoms with van der Waals surface area (Å²) >= 11 is 0. The van der Waals surface area contributed by atoms with Crippen LogP contribution < -0.4 is 11.1 Å². The number of carbonyl (C=O) groups is 1. The molecule has 3 N–H and O–H groups in total. The van der Waals surface area contributed by atoms with Crippen LogP contribution in [0.25, 0.3) is 0 Å². The van der Waals surface area contributed by atoms with Gasteiger partial charge in [0.2, 0.25) is 0 Å². The van der Waals surface area contributed by atoms with Crippen LogP contribution in [0.2, 0.25) is 0 Å². The zero-order chi connectivity index (χ0) is 12.1. The van der Waals surface area contributed by atoms with Crippen LogP contribution in [0.5, 0.6) is 0 Å². The van der Waals surface area contributed by atoms with Crippen molar-refractivity contribution in [2.45, 2.75) is 46.2 Å². The average Bonchev–Trinajstić information content (AvgIpc) is 2.59. The molecule has 1 heterocycles. The second-order valence-electron chi connectivity index (χ2n) is 4.11. The van der Waals surface area contributed by atoms with Crippen LogP contribution in [0, 0.1) is 0 Å². The van der Waals surface area contributed by atoms with E-state index < -0.39 is 0 Å². The third-order valence-electron chi connectivity index (χ3n) is 2.59. The Bertz CT molecular complexity index is 357. The molecular weight excluding hydrogens is 202 g/mol. The molecule has 0 aromatic carbocycles. The Morgan fingerprint density at radius 3 is 2.81 bits per heavy atom. The van der Waals surface area contributed by atoms with Gasteiger partial charge in [0.1, 0.15) is 5.69 Å². The Morgan fingerprint density at radius 1 is 1.56 bits per heavy atom. The lowest BCUT2D eigenvalue weighted by atomic mass is 10.2. The van der Waals surface area contributed by atoms with Gasteiger partial charge in [0.05, 0.1) is 5.69 Å². The maximum atomic E-state index is 11.9. The van der Waals surface area contributed by atoms with E-state index in [4.69, 9.17) is 5.73 Å². The minimum atomic E-state index is -0.0421. The summed E-state index contributed by atoms with van der Waals surface area (Å²) in [6.45, 7) is 6.87. The van der Waals surface area contributed by atoms with E-state index in [1.165, 1.54) is 0 Å². The number of rotatable bonds is 5. The summed E-state index contributed by atoms with van der Waals surface area (Å²) in [4.78, 5) is 11.9. The van der Waals surface area contributed by atoms with Crippen LogP contribution in [0.3, 0.4) is 0 Å². The predicted molar refractivity (Wildman–Crippen MR) is 66.4 cm³/mol. The molecule has 0 spiro atoms. The van der Waals surface area contributed by atoms with E-state index in [1.807, 2.05) is 18.4 Å². The van der Waals surface area contributed by atoms with Gasteiger partial charge in [0, 0.05) is 18.8 Å². The second-order valence-corrected chi connectivity index (χ2v) is 4.11. The van der Waals surface area contributed by atoms with E-state index in [0.717, 1.165) is 19.4 Å². The summed E-state index contributed by atoms with van der Waals surface area (Å²) in [7, 11) is 0. The van der Waals surface area contributed by atoms with Crippen molar-refractivity contribution < 1.29 is 4.79 Å². The van der Waals surface area contributed by atoms with E-state index in [2.05, 4.69) is 12.2 Å². The molecular formula is C12H21N3O. The molecule has 1 unspecified atom stereocenters. The third kappa shape index (κ3) is 3.02. The van der Waals surface area contributed by atoms with Crippen molar-refractivity contribution in [3.8, 4) is 0 Å². The Morgan fingerprint density at radius 2 is 2.25 bits per heavy atom. The maximum Gasteiger partial charge on any atom is 0.268 e. The topological polar surface area (TPSA) is 60.1 Å². The van der Waals surface area contributed by atoms with Crippen LogP contribution in [-0.4, -0.2) is 16.5 Å². The predicted octanol–water partition coefficient (Wildman–Crippen LogP) is 2.01. The van der Waals surface area contributed by atoms with Gasteiger partial charge in [0.15, 0.2) is 0 Å². The number of amides is 1. The van der Waals surface area contributed by atoms with E-state index in [-0.39, 0.29) is 11.9 Å². The van der Waals surface area contributed by atoms with Gasteiger partial charge in [-0.15, -0.1) is 0 Å². The zero-order valence-electron chi connectivity index (χ0n) is 10.3. The molecule has 1 atom stereocenters. The fourth-order valence-corrected chi connectivity index (χ4v) is 1.79. The number of anilines is 1. The van der Waals surface area contributed by atoms with Crippen molar-refractivity contribution in [1.29, 1.82) is 0 Å². The molecule has 0 bridgehead atoms. The number of aromatic nitrogens is 1. The van der Waals surface area contributed by atoms with E-state index >= 15 is 0 Å². The summed E-state index contributed by atoms with van der Waals surface area (Å²) in [6, 6.07) is 1.93. The van der Waals surface area contributed by atoms with E-state index in [9.17, 15) is 4.79 Å². The summed E-state index contributed by atoms with van der Waals surface area (Å²) < 4.78 is 1.86. The normalized spacial score (nSPS) is 12.4. The van der Waals surface area contributed by atoms with Crippen LogP contribution in [-0.2, 0) is 6.54 Å². The lowest BCUT2D eigenvalue weighted by Gasteiger charge is -2.13. The molecule has 0 aliphatic heterocycles. The first kappa shape index (κ1) is 12.6. The quantitative estimate of drug-likeness (QED) is 0.802. The fraction of sp³-hybridized carbons (Fsp3) is 0.583. The number of hydrogen-bond acceptors (Lipinski definition) is 2. The smallest absolute Gasteiger partial charge is 0.268 e. The molecule has 0 radical (unpaired) electrons. The fourth-order valence-electron chi connectivity index (χ4n) is 1.79. The van der Waals surface area contributed by atoms with Gasteiger partial charge in [-0.05, 0) is 26.3 Å². The minimum absolute atomic E-state index is 0.0421. The van der Waals surface area contributed by atoms with E-state index in [1.54, 1.807) is 12.3 Å². The Balaban J connectivity index is 2.72. The molecule has 0 aliphatic rings. The molecule has 4 heteroatoms. The Labute approximate surface area is 96.8 Å². The second kappa shape index (κ2) is 5.58. The van der Waals surface area contributed by atoms with Gasteiger partial charge in [0.25, 0.3) is 5.91 Å². The largest absolute Gasteiger partial charge is 0.397 e. The van der Waals surface area contributed by atoms with Gasteiger partial charge in [-0.3, -0.25) is 4.79 Å². The highest BCUT2D eigenvalue weighted by Crippen LogP contribution is 2.11. The van der Waals surface area contributed by atoms with Crippen molar-refractivity contribution in [2.75, 3.05) is 5.73 Å². The highest BCUT2D eigenvalue weighted by atomic mass is 16.2. The van der Waals surface area contributed by atoms with Gasteiger partial charge in [-0.25, -0.2) is 0 Å². The molecule has 1 aromatic rings.